The second-order valence-electron chi connectivity index (χ2n) is 6.06. The van der Waals surface area contributed by atoms with Gasteiger partial charge in [-0.05, 0) is 42.0 Å². The van der Waals surface area contributed by atoms with Crippen molar-refractivity contribution in [3.05, 3.63) is 88.8 Å². The lowest BCUT2D eigenvalue weighted by molar-refractivity contribution is 0.0963. The molecule has 1 N–H and O–H groups in total. The van der Waals surface area contributed by atoms with Crippen molar-refractivity contribution in [3.8, 4) is 0 Å². The Morgan fingerprint density at radius 3 is 2.36 bits per heavy atom. The highest BCUT2D eigenvalue weighted by Gasteiger charge is 2.27. The Bertz CT molecular complexity index is 1050. The first-order valence-electron chi connectivity index (χ1n) is 8.50. The highest BCUT2D eigenvalue weighted by molar-refractivity contribution is 7.89. The average Bonchev–Trinajstić information content (AvgIpc) is 3.21. The van der Waals surface area contributed by atoms with E-state index >= 15 is 0 Å². The number of halogens is 1. The molecule has 146 valence electrons. The molecule has 3 rings (SSSR count). The van der Waals surface area contributed by atoms with Gasteiger partial charge in [0.1, 0.15) is 10.7 Å². The third-order valence-corrected chi connectivity index (χ3v) is 6.46. The monoisotopic (exact) mass is 418 g/mol. The molecular weight excluding hydrogens is 400 g/mol. The van der Waals surface area contributed by atoms with Gasteiger partial charge in [0, 0.05) is 19.2 Å². The summed E-state index contributed by atoms with van der Waals surface area (Å²) >= 11 is 6.14. The number of hydrogen-bond acceptors (Lipinski definition) is 4. The van der Waals surface area contributed by atoms with Crippen LogP contribution in [0.25, 0.3) is 0 Å². The van der Waals surface area contributed by atoms with Crippen molar-refractivity contribution in [1.29, 1.82) is 0 Å². The van der Waals surface area contributed by atoms with Crippen molar-refractivity contribution in [3.63, 3.8) is 0 Å². The molecule has 0 aliphatic rings. The number of nitrogens with zero attached hydrogens (tertiary/aromatic N) is 1. The molecule has 8 heteroatoms. The Labute approximate surface area is 168 Å². The Balaban J connectivity index is 1.93. The smallest absolute Gasteiger partial charge is 0.251 e. The first kappa shape index (κ1) is 20.1. The molecule has 0 aliphatic heterocycles. The van der Waals surface area contributed by atoms with Crippen LogP contribution in [0.2, 0.25) is 5.02 Å². The maximum atomic E-state index is 13.2. The lowest BCUT2D eigenvalue weighted by Crippen LogP contribution is -2.30. The molecule has 1 heterocycles. The molecule has 0 bridgehead atoms. The van der Waals surface area contributed by atoms with Gasteiger partial charge in [-0.25, -0.2) is 8.42 Å². The van der Waals surface area contributed by atoms with Crippen molar-refractivity contribution in [1.82, 2.24) is 9.62 Å². The van der Waals surface area contributed by atoms with Crippen LogP contribution in [0.15, 0.2) is 76.2 Å². The van der Waals surface area contributed by atoms with E-state index in [-0.39, 0.29) is 28.9 Å². The van der Waals surface area contributed by atoms with E-state index in [0.29, 0.717) is 11.3 Å². The van der Waals surface area contributed by atoms with Crippen LogP contribution in [0.3, 0.4) is 0 Å². The minimum absolute atomic E-state index is 0.0326. The van der Waals surface area contributed by atoms with E-state index in [1.807, 2.05) is 0 Å². The molecule has 0 unspecified atom stereocenters. The SMILES string of the molecule is CNC(=O)c1ccc(CN(Cc2ccco2)S(=O)(=O)c2ccccc2Cl)cc1. The fourth-order valence-corrected chi connectivity index (χ4v) is 4.59. The number of rotatable bonds is 7. The van der Waals surface area contributed by atoms with Gasteiger partial charge in [0.05, 0.1) is 17.8 Å². The molecule has 1 amide bonds. The van der Waals surface area contributed by atoms with E-state index in [9.17, 15) is 13.2 Å². The van der Waals surface area contributed by atoms with Crippen LogP contribution in [-0.4, -0.2) is 25.7 Å². The summed E-state index contributed by atoms with van der Waals surface area (Å²) in [5, 5.41) is 2.71. The van der Waals surface area contributed by atoms with E-state index in [4.69, 9.17) is 16.0 Å². The number of carbonyl (C=O) groups excluding carboxylic acids is 1. The predicted molar refractivity (Wildman–Crippen MR) is 106 cm³/mol. The van der Waals surface area contributed by atoms with E-state index in [1.54, 1.807) is 55.6 Å². The Morgan fingerprint density at radius 1 is 1.04 bits per heavy atom. The van der Waals surface area contributed by atoms with Gasteiger partial charge in [0.15, 0.2) is 0 Å². The normalized spacial score (nSPS) is 11.5. The zero-order valence-electron chi connectivity index (χ0n) is 15.1. The topological polar surface area (TPSA) is 79.6 Å². The molecule has 2 aromatic carbocycles. The van der Waals surface area contributed by atoms with Gasteiger partial charge in [-0.3, -0.25) is 4.79 Å². The molecule has 0 saturated carbocycles. The minimum Gasteiger partial charge on any atom is -0.468 e. The Kier molecular flexibility index (Phi) is 6.18. The largest absolute Gasteiger partial charge is 0.468 e. The fraction of sp³-hybridized carbons (Fsp3) is 0.150. The van der Waals surface area contributed by atoms with Crippen LogP contribution in [0, 0.1) is 0 Å². The molecule has 0 spiro atoms. The molecule has 3 aromatic rings. The highest BCUT2D eigenvalue weighted by Crippen LogP contribution is 2.27. The molecule has 0 fully saturated rings. The average molecular weight is 419 g/mol. The van der Waals surface area contributed by atoms with Crippen LogP contribution < -0.4 is 5.32 Å². The molecule has 1 aromatic heterocycles. The van der Waals surface area contributed by atoms with Crippen molar-refractivity contribution >= 4 is 27.5 Å². The minimum atomic E-state index is -3.88. The first-order valence-corrected chi connectivity index (χ1v) is 10.3. The molecule has 0 saturated heterocycles. The number of nitrogens with one attached hydrogen (secondary N) is 1. The zero-order valence-corrected chi connectivity index (χ0v) is 16.7. The summed E-state index contributed by atoms with van der Waals surface area (Å²) < 4.78 is 33.1. The standard InChI is InChI=1S/C20H19ClN2O4S/c1-22-20(24)16-10-8-15(9-11-16)13-23(14-17-5-4-12-27-17)28(25,26)19-7-3-2-6-18(19)21/h2-12H,13-14H2,1H3,(H,22,24). The summed E-state index contributed by atoms with van der Waals surface area (Å²) in [4.78, 5) is 11.7. The molecule has 0 aliphatic carbocycles. The van der Waals surface area contributed by atoms with E-state index in [2.05, 4.69) is 5.32 Å². The molecule has 0 radical (unpaired) electrons. The number of carbonyl (C=O) groups is 1. The summed E-state index contributed by atoms with van der Waals surface area (Å²) in [6, 6.07) is 16.5. The molecule has 0 atom stereocenters. The van der Waals surface area contributed by atoms with Crippen molar-refractivity contribution in [2.75, 3.05) is 7.05 Å². The van der Waals surface area contributed by atoms with Crippen LogP contribution in [0.5, 0.6) is 0 Å². The molecule has 6 nitrogen and oxygen atoms in total. The van der Waals surface area contributed by atoms with Gasteiger partial charge in [0.25, 0.3) is 5.91 Å². The van der Waals surface area contributed by atoms with E-state index in [1.165, 1.54) is 22.7 Å². The van der Waals surface area contributed by atoms with Crippen LogP contribution in [0.1, 0.15) is 21.7 Å². The zero-order chi connectivity index (χ0) is 20.1. The van der Waals surface area contributed by atoms with Crippen molar-refractivity contribution < 1.29 is 17.6 Å². The van der Waals surface area contributed by atoms with E-state index < -0.39 is 10.0 Å². The number of hydrogen-bond donors (Lipinski definition) is 1. The molecule has 28 heavy (non-hydrogen) atoms. The lowest BCUT2D eigenvalue weighted by atomic mass is 10.1. The van der Waals surface area contributed by atoms with Crippen LogP contribution in [0.4, 0.5) is 0 Å². The Hall–Kier alpha value is -2.61. The predicted octanol–water partition coefficient (Wildman–Crippen LogP) is 3.68. The van der Waals surface area contributed by atoms with Crippen LogP contribution in [-0.2, 0) is 23.1 Å². The van der Waals surface area contributed by atoms with E-state index in [0.717, 1.165) is 5.56 Å². The van der Waals surface area contributed by atoms with Crippen LogP contribution >= 0.6 is 11.6 Å². The maximum Gasteiger partial charge on any atom is 0.251 e. The van der Waals surface area contributed by atoms with Crippen molar-refractivity contribution in [2.24, 2.45) is 0 Å². The first-order chi connectivity index (χ1) is 13.4. The van der Waals surface area contributed by atoms with Gasteiger partial charge >= 0.3 is 0 Å². The van der Waals surface area contributed by atoms with Gasteiger partial charge in [-0.15, -0.1) is 0 Å². The third kappa shape index (κ3) is 4.44. The summed E-state index contributed by atoms with van der Waals surface area (Å²) in [6.07, 6.45) is 1.49. The summed E-state index contributed by atoms with van der Waals surface area (Å²) in [7, 11) is -2.32. The quantitative estimate of drug-likeness (QED) is 0.634. The van der Waals surface area contributed by atoms with Gasteiger partial charge in [-0.2, -0.15) is 4.31 Å². The number of sulfonamides is 1. The number of furan rings is 1. The lowest BCUT2D eigenvalue weighted by Gasteiger charge is -2.22. The maximum absolute atomic E-state index is 13.2. The Morgan fingerprint density at radius 2 is 1.75 bits per heavy atom. The third-order valence-electron chi connectivity index (χ3n) is 4.17. The van der Waals surface area contributed by atoms with Gasteiger partial charge < -0.3 is 9.73 Å². The summed E-state index contributed by atoms with van der Waals surface area (Å²) in [6.45, 7) is 0.153. The van der Waals surface area contributed by atoms with Gasteiger partial charge in [-0.1, -0.05) is 35.9 Å². The summed E-state index contributed by atoms with van der Waals surface area (Å²) in [5.41, 5.74) is 1.23. The van der Waals surface area contributed by atoms with Gasteiger partial charge in [0.2, 0.25) is 10.0 Å². The number of benzene rings is 2. The highest BCUT2D eigenvalue weighted by atomic mass is 35.5. The summed E-state index contributed by atoms with van der Waals surface area (Å²) in [5.74, 6) is 0.306. The molecular formula is C20H19ClN2O4S. The second-order valence-corrected chi connectivity index (χ2v) is 8.37. The second kappa shape index (κ2) is 8.60. The fourth-order valence-electron chi connectivity index (χ4n) is 2.70. The van der Waals surface area contributed by atoms with Crippen molar-refractivity contribution in [2.45, 2.75) is 18.0 Å². The number of amides is 1.